The van der Waals surface area contributed by atoms with Crippen molar-refractivity contribution in [1.29, 1.82) is 0 Å². The number of hydrogen-bond acceptors (Lipinski definition) is 3. The molecule has 0 aliphatic rings. The van der Waals surface area contributed by atoms with Gasteiger partial charge in [0.25, 0.3) is 0 Å². The first-order chi connectivity index (χ1) is 10.1. The van der Waals surface area contributed by atoms with Crippen LogP contribution in [0.4, 0.5) is 16.2 Å². The average Bonchev–Trinajstić information content (AvgIpc) is 2.47. The maximum atomic E-state index is 12.2. The summed E-state index contributed by atoms with van der Waals surface area (Å²) in [5.74, 6) is 0. The third-order valence-electron chi connectivity index (χ3n) is 3.32. The molecule has 5 nitrogen and oxygen atoms in total. The standard InChI is InChI=1S/C16H27N3O2/c1-4-5-6-11-19(12-13-20)16(21)17-14-7-9-15(10-8-14)18(2)3/h7-10,20H,4-6,11-13H2,1-3H3,(H,17,21). The summed E-state index contributed by atoms with van der Waals surface area (Å²) in [5, 5.41) is 12.0. The Morgan fingerprint density at radius 3 is 2.33 bits per heavy atom. The van der Waals surface area contributed by atoms with E-state index < -0.39 is 0 Å². The molecule has 5 heteroatoms. The first kappa shape index (κ1) is 17.3. The van der Waals surface area contributed by atoms with Crippen molar-refractivity contribution in [3.63, 3.8) is 0 Å². The number of aliphatic hydroxyl groups excluding tert-OH is 1. The van der Waals surface area contributed by atoms with Crippen LogP contribution in [0.25, 0.3) is 0 Å². The lowest BCUT2D eigenvalue weighted by Gasteiger charge is -2.22. The van der Waals surface area contributed by atoms with Gasteiger partial charge in [0.15, 0.2) is 0 Å². The highest BCUT2D eigenvalue weighted by Crippen LogP contribution is 2.16. The Labute approximate surface area is 127 Å². The van der Waals surface area contributed by atoms with Gasteiger partial charge in [-0.05, 0) is 30.7 Å². The predicted octanol–water partition coefficient (Wildman–Crippen LogP) is 2.77. The van der Waals surface area contributed by atoms with Gasteiger partial charge in [-0.2, -0.15) is 0 Å². The lowest BCUT2D eigenvalue weighted by Crippen LogP contribution is -2.37. The van der Waals surface area contributed by atoms with E-state index in [1.165, 1.54) is 0 Å². The summed E-state index contributed by atoms with van der Waals surface area (Å²) in [4.78, 5) is 15.9. The van der Waals surface area contributed by atoms with Crippen molar-refractivity contribution in [2.24, 2.45) is 0 Å². The van der Waals surface area contributed by atoms with Crippen molar-refractivity contribution in [3.05, 3.63) is 24.3 Å². The van der Waals surface area contributed by atoms with Crippen LogP contribution >= 0.6 is 0 Å². The molecule has 0 heterocycles. The van der Waals surface area contributed by atoms with Gasteiger partial charge in [0.1, 0.15) is 0 Å². The van der Waals surface area contributed by atoms with Crippen molar-refractivity contribution in [2.75, 3.05) is 44.0 Å². The molecule has 2 amide bonds. The highest BCUT2D eigenvalue weighted by molar-refractivity contribution is 5.89. The molecule has 0 fully saturated rings. The number of nitrogens with one attached hydrogen (secondary N) is 1. The van der Waals surface area contributed by atoms with Crippen LogP contribution in [0.1, 0.15) is 26.2 Å². The predicted molar refractivity (Wildman–Crippen MR) is 88.0 cm³/mol. The van der Waals surface area contributed by atoms with E-state index >= 15 is 0 Å². The monoisotopic (exact) mass is 293 g/mol. The minimum Gasteiger partial charge on any atom is -0.395 e. The lowest BCUT2D eigenvalue weighted by atomic mass is 10.2. The molecule has 1 rings (SSSR count). The summed E-state index contributed by atoms with van der Waals surface area (Å²) in [7, 11) is 3.95. The van der Waals surface area contributed by atoms with Crippen LogP contribution in [0.15, 0.2) is 24.3 Å². The van der Waals surface area contributed by atoms with Gasteiger partial charge in [-0.25, -0.2) is 4.79 Å². The number of nitrogens with zero attached hydrogens (tertiary/aromatic N) is 2. The van der Waals surface area contributed by atoms with Crippen LogP contribution in [-0.2, 0) is 0 Å². The van der Waals surface area contributed by atoms with E-state index in [0.717, 1.165) is 30.6 Å². The lowest BCUT2D eigenvalue weighted by molar-refractivity contribution is 0.187. The van der Waals surface area contributed by atoms with E-state index in [1.807, 2.05) is 43.3 Å². The number of anilines is 2. The van der Waals surface area contributed by atoms with E-state index in [4.69, 9.17) is 5.11 Å². The van der Waals surface area contributed by atoms with Crippen molar-refractivity contribution < 1.29 is 9.90 Å². The fourth-order valence-corrected chi connectivity index (χ4v) is 2.03. The van der Waals surface area contributed by atoms with Crippen LogP contribution in [0.2, 0.25) is 0 Å². The maximum absolute atomic E-state index is 12.2. The fraction of sp³-hybridized carbons (Fsp3) is 0.562. The SMILES string of the molecule is CCCCCN(CCO)C(=O)Nc1ccc(N(C)C)cc1. The van der Waals surface area contributed by atoms with Crippen LogP contribution in [0.5, 0.6) is 0 Å². The largest absolute Gasteiger partial charge is 0.395 e. The summed E-state index contributed by atoms with van der Waals surface area (Å²) in [6, 6.07) is 7.54. The normalized spacial score (nSPS) is 10.3. The number of carbonyl (C=O) groups is 1. The zero-order valence-corrected chi connectivity index (χ0v) is 13.3. The molecule has 21 heavy (non-hydrogen) atoms. The molecule has 0 spiro atoms. The van der Waals surface area contributed by atoms with E-state index in [0.29, 0.717) is 13.1 Å². The van der Waals surface area contributed by atoms with Gasteiger partial charge in [0, 0.05) is 38.6 Å². The quantitative estimate of drug-likeness (QED) is 0.725. The molecule has 0 atom stereocenters. The molecule has 0 aliphatic heterocycles. The average molecular weight is 293 g/mol. The molecule has 0 aliphatic carbocycles. The second-order valence-electron chi connectivity index (χ2n) is 5.29. The summed E-state index contributed by atoms with van der Waals surface area (Å²) < 4.78 is 0. The second kappa shape index (κ2) is 9.23. The number of benzene rings is 1. The Balaban J connectivity index is 2.58. The smallest absolute Gasteiger partial charge is 0.321 e. The van der Waals surface area contributed by atoms with Crippen molar-refractivity contribution in [3.8, 4) is 0 Å². The molecule has 2 N–H and O–H groups in total. The Morgan fingerprint density at radius 2 is 1.81 bits per heavy atom. The van der Waals surface area contributed by atoms with Crippen LogP contribution in [-0.4, -0.2) is 49.8 Å². The molecular formula is C16H27N3O2. The Morgan fingerprint density at radius 1 is 1.14 bits per heavy atom. The van der Waals surface area contributed by atoms with Crippen molar-refractivity contribution in [1.82, 2.24) is 4.90 Å². The highest BCUT2D eigenvalue weighted by atomic mass is 16.3. The summed E-state index contributed by atoms with van der Waals surface area (Å²) in [5.41, 5.74) is 1.85. The van der Waals surface area contributed by atoms with Gasteiger partial charge in [-0.1, -0.05) is 19.8 Å². The van der Waals surface area contributed by atoms with E-state index in [2.05, 4.69) is 12.2 Å². The third-order valence-corrected chi connectivity index (χ3v) is 3.32. The first-order valence-electron chi connectivity index (χ1n) is 7.52. The first-order valence-corrected chi connectivity index (χ1v) is 7.52. The summed E-state index contributed by atoms with van der Waals surface area (Å²) in [6.07, 6.45) is 3.16. The van der Waals surface area contributed by atoms with Crippen LogP contribution < -0.4 is 10.2 Å². The molecular weight excluding hydrogens is 266 g/mol. The molecule has 0 bridgehead atoms. The number of rotatable bonds is 8. The fourth-order valence-electron chi connectivity index (χ4n) is 2.03. The molecule has 1 aromatic rings. The molecule has 0 unspecified atom stereocenters. The molecule has 118 valence electrons. The summed E-state index contributed by atoms with van der Waals surface area (Å²) >= 11 is 0. The van der Waals surface area contributed by atoms with Crippen LogP contribution in [0.3, 0.4) is 0 Å². The summed E-state index contributed by atoms with van der Waals surface area (Å²) in [6.45, 7) is 3.16. The molecule has 0 aromatic heterocycles. The number of aliphatic hydroxyl groups is 1. The Bertz CT molecular complexity index is 418. The topological polar surface area (TPSA) is 55.8 Å². The highest BCUT2D eigenvalue weighted by Gasteiger charge is 2.12. The van der Waals surface area contributed by atoms with E-state index in [1.54, 1.807) is 4.90 Å². The Kier molecular flexibility index (Phi) is 7.61. The second-order valence-corrected chi connectivity index (χ2v) is 5.29. The van der Waals surface area contributed by atoms with Gasteiger partial charge >= 0.3 is 6.03 Å². The van der Waals surface area contributed by atoms with Gasteiger partial charge < -0.3 is 20.2 Å². The van der Waals surface area contributed by atoms with Gasteiger partial charge in [-0.3, -0.25) is 0 Å². The van der Waals surface area contributed by atoms with E-state index in [9.17, 15) is 4.79 Å². The van der Waals surface area contributed by atoms with Gasteiger partial charge in [0.2, 0.25) is 0 Å². The number of urea groups is 1. The molecule has 0 saturated carbocycles. The number of unbranched alkanes of at least 4 members (excludes halogenated alkanes) is 2. The number of hydrogen-bond donors (Lipinski definition) is 2. The third kappa shape index (κ3) is 6.04. The Hall–Kier alpha value is -1.75. The number of carbonyl (C=O) groups excluding carboxylic acids is 1. The van der Waals surface area contributed by atoms with Gasteiger partial charge in [0.05, 0.1) is 6.61 Å². The zero-order valence-electron chi connectivity index (χ0n) is 13.3. The molecule has 0 radical (unpaired) electrons. The van der Waals surface area contributed by atoms with Crippen LogP contribution in [0, 0.1) is 0 Å². The minimum atomic E-state index is -0.155. The van der Waals surface area contributed by atoms with E-state index in [-0.39, 0.29) is 12.6 Å². The van der Waals surface area contributed by atoms with Gasteiger partial charge in [-0.15, -0.1) is 0 Å². The zero-order chi connectivity index (χ0) is 15.7. The molecule has 0 saturated heterocycles. The minimum absolute atomic E-state index is 0.0148. The maximum Gasteiger partial charge on any atom is 0.321 e. The molecule has 1 aromatic carbocycles. The number of amides is 2. The van der Waals surface area contributed by atoms with Crippen molar-refractivity contribution >= 4 is 17.4 Å². The van der Waals surface area contributed by atoms with Crippen molar-refractivity contribution in [2.45, 2.75) is 26.2 Å².